The lowest BCUT2D eigenvalue weighted by molar-refractivity contribution is 0.950. The lowest BCUT2D eigenvalue weighted by Crippen LogP contribution is -2.25. The first kappa shape index (κ1) is 21.0. The van der Waals surface area contributed by atoms with E-state index in [1.807, 2.05) is 24.3 Å². The number of anilines is 2. The van der Waals surface area contributed by atoms with Crippen molar-refractivity contribution in [2.45, 2.75) is 0 Å². The van der Waals surface area contributed by atoms with E-state index in [9.17, 15) is 0 Å². The predicted molar refractivity (Wildman–Crippen MR) is 126 cm³/mol. The van der Waals surface area contributed by atoms with Crippen LogP contribution in [-0.2, 0) is 0 Å². The summed E-state index contributed by atoms with van der Waals surface area (Å²) in [4.78, 5) is 4.49. The third-order valence-electron chi connectivity index (χ3n) is 4.54. The van der Waals surface area contributed by atoms with Gasteiger partial charge in [-0.15, -0.1) is 26.3 Å². The van der Waals surface area contributed by atoms with Crippen LogP contribution in [0.5, 0.6) is 0 Å². The van der Waals surface area contributed by atoms with E-state index < -0.39 is 0 Å². The molecular formula is C26H30N2. The Morgan fingerprint density at radius 2 is 0.929 bits per heavy atom. The van der Waals surface area contributed by atoms with Crippen LogP contribution in [0.2, 0.25) is 0 Å². The summed E-state index contributed by atoms with van der Waals surface area (Å²) in [6, 6.07) is 16.7. The molecule has 0 saturated heterocycles. The first-order chi connectivity index (χ1) is 13.7. The van der Waals surface area contributed by atoms with E-state index in [4.69, 9.17) is 0 Å². The van der Waals surface area contributed by atoms with Crippen molar-refractivity contribution < 1.29 is 0 Å². The number of para-hydroxylation sites is 2. The van der Waals surface area contributed by atoms with Crippen molar-refractivity contribution in [2.75, 3.05) is 36.0 Å². The highest BCUT2D eigenvalue weighted by Crippen LogP contribution is 2.35. The standard InChI is InChI=1S/C26H30N2/c1-6-18-27(19-7-2)25-16-12-10-14-23(25)22(5)24-15-11-13-17-26(24)28(20-8-3)21-9-4/h6-17H,1-5,18-21H2. The lowest BCUT2D eigenvalue weighted by atomic mass is 9.95. The quantitative estimate of drug-likeness (QED) is 0.416. The zero-order valence-electron chi connectivity index (χ0n) is 16.7. The van der Waals surface area contributed by atoms with Gasteiger partial charge in [-0.2, -0.15) is 0 Å². The van der Waals surface area contributed by atoms with Crippen LogP contribution in [0.4, 0.5) is 11.4 Å². The zero-order valence-corrected chi connectivity index (χ0v) is 16.7. The Morgan fingerprint density at radius 1 is 0.607 bits per heavy atom. The molecule has 2 rings (SSSR count). The van der Waals surface area contributed by atoms with Gasteiger partial charge in [-0.3, -0.25) is 0 Å². The summed E-state index contributed by atoms with van der Waals surface area (Å²) in [5, 5.41) is 0. The van der Waals surface area contributed by atoms with Crippen LogP contribution < -0.4 is 9.80 Å². The number of benzene rings is 2. The van der Waals surface area contributed by atoms with Gasteiger partial charge >= 0.3 is 0 Å². The lowest BCUT2D eigenvalue weighted by Gasteiger charge is -2.28. The van der Waals surface area contributed by atoms with Gasteiger partial charge in [-0.1, -0.05) is 67.3 Å². The Hall–Kier alpha value is -3.26. The van der Waals surface area contributed by atoms with E-state index in [1.54, 1.807) is 0 Å². The molecule has 0 heterocycles. The molecule has 0 unspecified atom stereocenters. The number of hydrogen-bond donors (Lipinski definition) is 0. The minimum absolute atomic E-state index is 0.747. The summed E-state index contributed by atoms with van der Waals surface area (Å²) in [6.07, 6.45) is 7.64. The van der Waals surface area contributed by atoms with Crippen molar-refractivity contribution in [2.24, 2.45) is 0 Å². The van der Waals surface area contributed by atoms with E-state index in [2.05, 4.69) is 91.2 Å². The van der Waals surface area contributed by atoms with Crippen LogP contribution >= 0.6 is 0 Å². The average molecular weight is 371 g/mol. The van der Waals surface area contributed by atoms with Crippen LogP contribution in [0, 0.1) is 0 Å². The van der Waals surface area contributed by atoms with E-state index in [-0.39, 0.29) is 0 Å². The molecule has 0 atom stereocenters. The fraction of sp³-hybridized carbons (Fsp3) is 0.154. The van der Waals surface area contributed by atoms with Crippen LogP contribution in [0.15, 0.2) is 106 Å². The third kappa shape index (κ3) is 4.92. The van der Waals surface area contributed by atoms with Gasteiger partial charge in [0.2, 0.25) is 0 Å². The largest absolute Gasteiger partial charge is 0.364 e. The molecule has 0 saturated carbocycles. The molecule has 144 valence electrons. The molecule has 0 amide bonds. The van der Waals surface area contributed by atoms with Gasteiger partial charge in [-0.25, -0.2) is 0 Å². The Balaban J connectivity index is 2.53. The van der Waals surface area contributed by atoms with Crippen molar-refractivity contribution in [1.29, 1.82) is 0 Å². The Morgan fingerprint density at radius 3 is 1.25 bits per heavy atom. The van der Waals surface area contributed by atoms with Crippen LogP contribution in [0.3, 0.4) is 0 Å². The molecule has 0 aliphatic rings. The second-order valence-electron chi connectivity index (χ2n) is 6.48. The summed E-state index contributed by atoms with van der Waals surface area (Å²) in [5.41, 5.74) is 5.45. The van der Waals surface area contributed by atoms with Crippen LogP contribution in [0.1, 0.15) is 11.1 Å². The molecule has 2 aromatic carbocycles. The van der Waals surface area contributed by atoms with Crippen molar-refractivity contribution in [3.8, 4) is 0 Å². The minimum Gasteiger partial charge on any atom is -0.364 e. The predicted octanol–water partition coefficient (Wildman–Crippen LogP) is 6.10. The Kier molecular flexibility index (Phi) is 8.11. The third-order valence-corrected chi connectivity index (χ3v) is 4.54. The summed E-state index contributed by atoms with van der Waals surface area (Å²) in [5.74, 6) is 0. The van der Waals surface area contributed by atoms with Crippen molar-refractivity contribution in [3.63, 3.8) is 0 Å². The smallest absolute Gasteiger partial charge is 0.0451 e. The van der Waals surface area contributed by atoms with E-state index in [0.29, 0.717) is 0 Å². The highest BCUT2D eigenvalue weighted by Gasteiger charge is 2.16. The van der Waals surface area contributed by atoms with Crippen molar-refractivity contribution in [1.82, 2.24) is 0 Å². The molecule has 0 N–H and O–H groups in total. The second kappa shape index (κ2) is 10.8. The Labute approximate surface area is 170 Å². The van der Waals surface area contributed by atoms with E-state index in [1.165, 1.54) is 0 Å². The maximum Gasteiger partial charge on any atom is 0.0451 e. The monoisotopic (exact) mass is 370 g/mol. The van der Waals surface area contributed by atoms with E-state index >= 15 is 0 Å². The van der Waals surface area contributed by atoms with Gasteiger partial charge in [0, 0.05) is 48.7 Å². The molecule has 2 heteroatoms. The van der Waals surface area contributed by atoms with Gasteiger partial charge in [0.1, 0.15) is 0 Å². The van der Waals surface area contributed by atoms with Crippen LogP contribution in [0.25, 0.3) is 5.57 Å². The molecule has 2 nitrogen and oxygen atoms in total. The molecule has 0 spiro atoms. The molecule has 0 fully saturated rings. The highest BCUT2D eigenvalue weighted by molar-refractivity contribution is 5.90. The number of nitrogens with zero attached hydrogens (tertiary/aromatic N) is 2. The summed E-state index contributed by atoms with van der Waals surface area (Å²) < 4.78 is 0. The molecule has 0 bridgehead atoms. The molecule has 28 heavy (non-hydrogen) atoms. The molecule has 0 aliphatic heterocycles. The molecule has 2 aromatic rings. The summed E-state index contributed by atoms with van der Waals surface area (Å²) in [6.45, 7) is 23.0. The first-order valence-electron chi connectivity index (χ1n) is 9.49. The van der Waals surface area contributed by atoms with Gasteiger partial charge in [-0.05, 0) is 17.7 Å². The normalized spacial score (nSPS) is 10.0. The Bertz CT molecular complexity index is 758. The van der Waals surface area contributed by atoms with Gasteiger partial charge in [0.25, 0.3) is 0 Å². The SMILES string of the molecule is C=CCN(CC=C)c1ccccc1C(=C)c1ccccc1N(CC=C)CC=C. The fourth-order valence-electron chi connectivity index (χ4n) is 3.32. The fourth-order valence-corrected chi connectivity index (χ4v) is 3.32. The summed E-state index contributed by atoms with van der Waals surface area (Å²) in [7, 11) is 0. The molecule has 0 aliphatic carbocycles. The topological polar surface area (TPSA) is 6.48 Å². The zero-order chi connectivity index (χ0) is 20.4. The number of rotatable bonds is 12. The first-order valence-corrected chi connectivity index (χ1v) is 9.49. The van der Waals surface area contributed by atoms with Gasteiger partial charge in [0.05, 0.1) is 0 Å². The summed E-state index contributed by atoms with van der Waals surface area (Å²) >= 11 is 0. The van der Waals surface area contributed by atoms with Gasteiger partial charge < -0.3 is 9.80 Å². The average Bonchev–Trinajstić information content (AvgIpc) is 2.73. The minimum atomic E-state index is 0.747. The maximum absolute atomic E-state index is 4.47. The molecular weight excluding hydrogens is 340 g/mol. The highest BCUT2D eigenvalue weighted by atomic mass is 15.1. The van der Waals surface area contributed by atoms with E-state index in [0.717, 1.165) is 54.3 Å². The van der Waals surface area contributed by atoms with Crippen LogP contribution in [-0.4, -0.2) is 26.2 Å². The second-order valence-corrected chi connectivity index (χ2v) is 6.48. The van der Waals surface area contributed by atoms with Crippen molar-refractivity contribution in [3.05, 3.63) is 117 Å². The van der Waals surface area contributed by atoms with Crippen molar-refractivity contribution >= 4 is 16.9 Å². The molecule has 0 radical (unpaired) electrons. The maximum atomic E-state index is 4.47. The number of hydrogen-bond acceptors (Lipinski definition) is 2. The van der Waals surface area contributed by atoms with Gasteiger partial charge in [0.15, 0.2) is 0 Å². The molecule has 0 aromatic heterocycles.